The molecule has 2 aliphatic rings. The summed E-state index contributed by atoms with van der Waals surface area (Å²) in [7, 11) is 4.08. The summed E-state index contributed by atoms with van der Waals surface area (Å²) in [6.45, 7) is 2.67. The summed E-state index contributed by atoms with van der Waals surface area (Å²) in [4.78, 5) is 31.0. The Balaban J connectivity index is 1.63. The first-order valence-electron chi connectivity index (χ1n) is 13.4. The van der Waals surface area contributed by atoms with Gasteiger partial charge in [0.05, 0.1) is 5.92 Å². The Kier molecular flexibility index (Phi) is 8.48. The molecule has 2 aromatic rings. The maximum atomic E-state index is 14.1. The van der Waals surface area contributed by atoms with E-state index in [1.807, 2.05) is 38.4 Å². The van der Waals surface area contributed by atoms with E-state index < -0.39 is 0 Å². The smallest absolute Gasteiger partial charge is 0.230 e. The van der Waals surface area contributed by atoms with Crippen molar-refractivity contribution in [1.82, 2.24) is 4.90 Å². The van der Waals surface area contributed by atoms with E-state index in [1.165, 1.54) is 19.3 Å². The Bertz CT molecular complexity index is 994. The van der Waals surface area contributed by atoms with E-state index in [0.717, 1.165) is 61.0 Å². The number of hydrogen-bond donors (Lipinski definition) is 1. The quantitative estimate of drug-likeness (QED) is 0.460. The van der Waals surface area contributed by atoms with E-state index in [-0.39, 0.29) is 29.7 Å². The normalized spacial score (nSPS) is 17.3. The van der Waals surface area contributed by atoms with Gasteiger partial charge in [0.15, 0.2) is 0 Å². The molecule has 2 aromatic carbocycles. The molecule has 1 unspecified atom stereocenters. The number of rotatable bonds is 9. The van der Waals surface area contributed by atoms with Crippen molar-refractivity contribution in [3.05, 3.63) is 59.7 Å². The van der Waals surface area contributed by atoms with Crippen LogP contribution < -0.4 is 10.2 Å². The highest BCUT2D eigenvalue weighted by Crippen LogP contribution is 2.33. The van der Waals surface area contributed by atoms with Crippen molar-refractivity contribution in [3.63, 3.8) is 0 Å². The second-order valence-electron chi connectivity index (χ2n) is 10.5. The second-order valence-corrected chi connectivity index (χ2v) is 10.5. The van der Waals surface area contributed by atoms with Crippen LogP contribution in [0.3, 0.4) is 0 Å². The maximum absolute atomic E-state index is 14.1. The number of nitrogens with zero attached hydrogens (tertiary/aromatic N) is 2. The first-order chi connectivity index (χ1) is 17.0. The van der Waals surface area contributed by atoms with Gasteiger partial charge >= 0.3 is 0 Å². The first kappa shape index (κ1) is 25.3. The van der Waals surface area contributed by atoms with Gasteiger partial charge in [-0.05, 0) is 61.4 Å². The third-order valence-electron chi connectivity index (χ3n) is 7.85. The molecule has 1 atom stereocenters. The molecule has 0 heterocycles. The highest BCUT2D eigenvalue weighted by Gasteiger charge is 2.31. The van der Waals surface area contributed by atoms with Gasteiger partial charge in [0.2, 0.25) is 11.8 Å². The molecule has 2 saturated carbocycles. The van der Waals surface area contributed by atoms with Gasteiger partial charge in [0, 0.05) is 44.0 Å². The zero-order chi connectivity index (χ0) is 24.8. The summed E-state index contributed by atoms with van der Waals surface area (Å²) in [5, 5.41) is 3.13. The van der Waals surface area contributed by atoms with Crippen LogP contribution in [0.1, 0.15) is 81.8 Å². The lowest BCUT2D eigenvalue weighted by atomic mass is 9.85. The minimum atomic E-state index is -0.137. The van der Waals surface area contributed by atoms with Gasteiger partial charge in [-0.25, -0.2) is 0 Å². The predicted octanol–water partition coefficient (Wildman–Crippen LogP) is 6.35. The van der Waals surface area contributed by atoms with Gasteiger partial charge in [-0.15, -0.1) is 0 Å². The third-order valence-corrected chi connectivity index (χ3v) is 7.85. The average molecular weight is 476 g/mol. The van der Waals surface area contributed by atoms with Gasteiger partial charge in [-0.3, -0.25) is 9.59 Å². The Morgan fingerprint density at radius 3 is 2.26 bits per heavy atom. The summed E-state index contributed by atoms with van der Waals surface area (Å²) < 4.78 is 0. The van der Waals surface area contributed by atoms with E-state index in [9.17, 15) is 9.59 Å². The molecule has 2 aliphatic carbocycles. The number of amides is 2. The van der Waals surface area contributed by atoms with E-state index in [0.29, 0.717) is 6.54 Å². The average Bonchev–Trinajstić information content (AvgIpc) is 2.83. The molecule has 1 N–H and O–H groups in total. The summed E-state index contributed by atoms with van der Waals surface area (Å²) in [5.41, 5.74) is 4.10. The number of hydrogen-bond acceptors (Lipinski definition) is 3. The Morgan fingerprint density at radius 1 is 0.943 bits per heavy atom. The zero-order valence-electron chi connectivity index (χ0n) is 21.6. The highest BCUT2D eigenvalue weighted by atomic mass is 16.2. The summed E-state index contributed by atoms with van der Waals surface area (Å²) in [6.07, 6.45) is 9.61. The monoisotopic (exact) mass is 475 g/mol. The summed E-state index contributed by atoms with van der Waals surface area (Å²) in [5.74, 6) is 0.347. The lowest BCUT2D eigenvalue weighted by Crippen LogP contribution is -2.43. The topological polar surface area (TPSA) is 52.7 Å². The van der Waals surface area contributed by atoms with Gasteiger partial charge in [0.1, 0.15) is 0 Å². The number of carbonyl (C=O) groups excluding carboxylic acids is 2. The van der Waals surface area contributed by atoms with Gasteiger partial charge in [-0.2, -0.15) is 0 Å². The molecule has 5 nitrogen and oxygen atoms in total. The molecule has 0 radical (unpaired) electrons. The van der Waals surface area contributed by atoms with Crippen LogP contribution in [-0.2, 0) is 16.1 Å². The standard InChI is InChI=1S/C30H41N3O2/c1-4-27(22-12-7-5-8-13-22)30(35)33(26-16-9-6-10-17-26)21-24-20-25(18-19-28(24)32(2)3)31-29(34)23-14-11-15-23/h5,7-8,12-13,18-20,23,26-27H,4,6,9-11,14-17,21H2,1-3H3,(H,31,34). The number of benzene rings is 2. The molecule has 0 aromatic heterocycles. The molecule has 0 saturated heterocycles. The summed E-state index contributed by atoms with van der Waals surface area (Å²) in [6, 6.07) is 16.6. The van der Waals surface area contributed by atoms with Crippen LogP contribution in [0.2, 0.25) is 0 Å². The van der Waals surface area contributed by atoms with E-state index in [2.05, 4.69) is 46.3 Å². The molecule has 4 rings (SSSR count). The first-order valence-corrected chi connectivity index (χ1v) is 13.4. The van der Waals surface area contributed by atoms with Gasteiger partial charge in [-0.1, -0.05) is 62.9 Å². The fourth-order valence-electron chi connectivity index (χ4n) is 5.54. The molecule has 2 fully saturated rings. The highest BCUT2D eigenvalue weighted by molar-refractivity contribution is 5.93. The van der Waals surface area contributed by atoms with Crippen molar-refractivity contribution in [2.75, 3.05) is 24.3 Å². The molecule has 5 heteroatoms. The fourth-order valence-corrected chi connectivity index (χ4v) is 5.54. The van der Waals surface area contributed by atoms with E-state index >= 15 is 0 Å². The SMILES string of the molecule is CCC(C(=O)N(Cc1cc(NC(=O)C2CCC2)ccc1N(C)C)C1CCCCC1)c1ccccc1. The zero-order valence-corrected chi connectivity index (χ0v) is 21.6. The van der Waals surface area contributed by atoms with Crippen molar-refractivity contribution in [2.24, 2.45) is 5.92 Å². The number of nitrogens with one attached hydrogen (secondary N) is 1. The third kappa shape index (κ3) is 6.06. The lowest BCUT2D eigenvalue weighted by molar-refractivity contribution is -0.136. The molecule has 0 spiro atoms. The molecular formula is C30H41N3O2. The molecular weight excluding hydrogens is 434 g/mol. The van der Waals surface area contributed by atoms with Crippen LogP contribution in [0.5, 0.6) is 0 Å². The Labute approximate surface area is 210 Å². The van der Waals surface area contributed by atoms with Crippen LogP contribution in [0.25, 0.3) is 0 Å². The van der Waals surface area contributed by atoms with Crippen LogP contribution in [-0.4, -0.2) is 36.9 Å². The van der Waals surface area contributed by atoms with Gasteiger partial charge < -0.3 is 15.1 Å². The minimum Gasteiger partial charge on any atom is -0.377 e. The van der Waals surface area contributed by atoms with Crippen molar-refractivity contribution in [2.45, 2.75) is 83.2 Å². The lowest BCUT2D eigenvalue weighted by Gasteiger charge is -2.37. The van der Waals surface area contributed by atoms with E-state index in [1.54, 1.807) is 0 Å². The molecule has 0 aliphatic heterocycles. The Hall–Kier alpha value is -2.82. The largest absolute Gasteiger partial charge is 0.377 e. The summed E-state index contributed by atoms with van der Waals surface area (Å²) >= 11 is 0. The number of carbonyl (C=O) groups is 2. The predicted molar refractivity (Wildman–Crippen MR) is 144 cm³/mol. The molecule has 35 heavy (non-hydrogen) atoms. The molecule has 2 amide bonds. The number of anilines is 2. The van der Waals surface area contributed by atoms with Crippen LogP contribution in [0, 0.1) is 5.92 Å². The van der Waals surface area contributed by atoms with Gasteiger partial charge in [0.25, 0.3) is 0 Å². The van der Waals surface area contributed by atoms with Crippen LogP contribution in [0.15, 0.2) is 48.5 Å². The molecule has 188 valence electrons. The maximum Gasteiger partial charge on any atom is 0.230 e. The Morgan fingerprint density at radius 2 is 1.66 bits per heavy atom. The van der Waals surface area contributed by atoms with Crippen molar-refractivity contribution in [3.8, 4) is 0 Å². The van der Waals surface area contributed by atoms with Crippen molar-refractivity contribution < 1.29 is 9.59 Å². The van der Waals surface area contributed by atoms with Crippen LogP contribution >= 0.6 is 0 Å². The van der Waals surface area contributed by atoms with Crippen LogP contribution in [0.4, 0.5) is 11.4 Å². The van der Waals surface area contributed by atoms with Crippen molar-refractivity contribution >= 4 is 23.2 Å². The van der Waals surface area contributed by atoms with E-state index in [4.69, 9.17) is 0 Å². The minimum absolute atomic E-state index is 0.121. The van der Waals surface area contributed by atoms with Crippen molar-refractivity contribution in [1.29, 1.82) is 0 Å². The fraction of sp³-hybridized carbons (Fsp3) is 0.533. The molecule has 0 bridgehead atoms. The second kappa shape index (κ2) is 11.7.